The second-order valence-corrected chi connectivity index (χ2v) is 6.71. The molecule has 0 bridgehead atoms. The highest BCUT2D eigenvalue weighted by molar-refractivity contribution is 5.95. The van der Waals surface area contributed by atoms with Gasteiger partial charge in [-0.3, -0.25) is 9.48 Å². The van der Waals surface area contributed by atoms with E-state index < -0.39 is 5.91 Å². The summed E-state index contributed by atoms with van der Waals surface area (Å²) in [7, 11) is 1.46. The van der Waals surface area contributed by atoms with E-state index in [9.17, 15) is 10.1 Å². The van der Waals surface area contributed by atoms with Gasteiger partial charge in [0.05, 0.1) is 24.6 Å². The Balaban J connectivity index is 1.77. The van der Waals surface area contributed by atoms with Crippen LogP contribution in [0.1, 0.15) is 39.5 Å². The molecule has 2 aromatic heterocycles. The Bertz CT molecular complexity index is 1100. The molecule has 3 rings (SSSR count). The third-order valence-electron chi connectivity index (χ3n) is 4.86. The van der Waals surface area contributed by atoms with Crippen LogP contribution in [-0.4, -0.2) is 32.8 Å². The quantitative estimate of drug-likeness (QED) is 0.588. The predicted octanol–water partition coefficient (Wildman–Crippen LogP) is 2.51. The van der Waals surface area contributed by atoms with Gasteiger partial charge >= 0.3 is 0 Å². The number of benzene rings is 1. The lowest BCUT2D eigenvalue weighted by Crippen LogP contribution is -2.15. The molecule has 0 unspecified atom stereocenters. The number of primary amides is 1. The second kappa shape index (κ2) is 9.05. The maximum Gasteiger partial charge on any atom is 0.249 e. The van der Waals surface area contributed by atoms with E-state index in [4.69, 9.17) is 10.5 Å². The predicted molar refractivity (Wildman–Crippen MR) is 112 cm³/mol. The summed E-state index contributed by atoms with van der Waals surface area (Å²) in [5.74, 6) is 0.262. The van der Waals surface area contributed by atoms with Gasteiger partial charge in [0.2, 0.25) is 11.9 Å². The minimum Gasteiger partial charge on any atom is -0.495 e. The number of amides is 1. The highest BCUT2D eigenvalue weighted by atomic mass is 16.5. The maximum atomic E-state index is 11.8. The molecule has 1 aromatic carbocycles. The van der Waals surface area contributed by atoms with Crippen LogP contribution < -0.4 is 15.8 Å². The van der Waals surface area contributed by atoms with Gasteiger partial charge in [-0.05, 0) is 49.4 Å². The molecule has 0 radical (unpaired) electrons. The molecule has 0 aliphatic rings. The zero-order chi connectivity index (χ0) is 21.7. The number of ether oxygens (including phenoxy) is 1. The molecule has 0 aliphatic heterocycles. The molecular formula is C21H23N7O2. The van der Waals surface area contributed by atoms with Crippen molar-refractivity contribution in [2.45, 2.75) is 33.2 Å². The minimum atomic E-state index is -0.554. The van der Waals surface area contributed by atoms with Crippen LogP contribution in [0.2, 0.25) is 0 Å². The molecule has 9 heteroatoms. The van der Waals surface area contributed by atoms with Gasteiger partial charge in [-0.15, -0.1) is 0 Å². The van der Waals surface area contributed by atoms with Gasteiger partial charge in [-0.1, -0.05) is 0 Å². The monoisotopic (exact) mass is 405 g/mol. The van der Waals surface area contributed by atoms with E-state index in [0.717, 1.165) is 23.4 Å². The fraction of sp³-hybridized carbons (Fsp3) is 0.286. The zero-order valence-electron chi connectivity index (χ0n) is 17.1. The highest BCUT2D eigenvalue weighted by Crippen LogP contribution is 2.29. The van der Waals surface area contributed by atoms with Crippen LogP contribution in [-0.2, 0) is 19.4 Å². The summed E-state index contributed by atoms with van der Waals surface area (Å²) in [6, 6.07) is 3.69. The van der Waals surface area contributed by atoms with Crippen molar-refractivity contribution in [2.24, 2.45) is 5.73 Å². The molecular weight excluding hydrogens is 382 g/mol. The summed E-state index contributed by atoms with van der Waals surface area (Å²) in [6.07, 6.45) is 8.17. The van der Waals surface area contributed by atoms with Crippen LogP contribution in [0.5, 0.6) is 5.75 Å². The van der Waals surface area contributed by atoms with Crippen LogP contribution >= 0.6 is 0 Å². The molecule has 0 atom stereocenters. The van der Waals surface area contributed by atoms with Crippen molar-refractivity contribution in [3.05, 3.63) is 58.7 Å². The number of carbonyl (C=O) groups is 1. The first-order valence-corrected chi connectivity index (χ1v) is 9.47. The van der Waals surface area contributed by atoms with Gasteiger partial charge in [0.25, 0.3) is 0 Å². The number of aromatic nitrogens is 4. The number of nitrogens with one attached hydrogen (secondary N) is 1. The third-order valence-corrected chi connectivity index (χ3v) is 4.86. The molecule has 0 saturated heterocycles. The van der Waals surface area contributed by atoms with Crippen molar-refractivity contribution in [3.63, 3.8) is 0 Å². The van der Waals surface area contributed by atoms with Gasteiger partial charge < -0.3 is 15.8 Å². The number of aryl methyl sites for hydroxylation is 2. The lowest BCUT2D eigenvalue weighted by atomic mass is 9.92. The fourth-order valence-corrected chi connectivity index (χ4v) is 3.21. The average molecular weight is 405 g/mol. The molecule has 0 aliphatic carbocycles. The average Bonchev–Trinajstić information content (AvgIpc) is 3.20. The number of anilines is 2. The van der Waals surface area contributed by atoms with Crippen LogP contribution in [0.15, 0.2) is 30.9 Å². The summed E-state index contributed by atoms with van der Waals surface area (Å²) in [6.45, 7) is 4.58. The molecule has 0 saturated carbocycles. The number of carbonyl (C=O) groups excluding carboxylic acids is 1. The van der Waals surface area contributed by atoms with E-state index in [2.05, 4.69) is 26.5 Å². The Hall–Kier alpha value is -3.93. The summed E-state index contributed by atoms with van der Waals surface area (Å²) < 4.78 is 7.09. The van der Waals surface area contributed by atoms with E-state index in [1.165, 1.54) is 13.2 Å². The number of nitrogens with zero attached hydrogens (tertiary/aromatic N) is 5. The van der Waals surface area contributed by atoms with E-state index in [-0.39, 0.29) is 0 Å². The third kappa shape index (κ3) is 4.38. The molecule has 9 nitrogen and oxygen atoms in total. The zero-order valence-corrected chi connectivity index (χ0v) is 17.1. The Morgan fingerprint density at radius 1 is 1.30 bits per heavy atom. The summed E-state index contributed by atoms with van der Waals surface area (Å²) in [5, 5.41) is 16.9. The van der Waals surface area contributed by atoms with E-state index in [1.54, 1.807) is 30.2 Å². The minimum absolute atomic E-state index is 0.343. The standard InChI is InChI=1S/C21H23N7O2/c1-4-28-12-15(11-26-28)27-21-24-9-14(10-25-21)5-6-16-13(2)17(20(23)29)7-19(30-3)18(16)8-22/h7,9-12H,4-6H2,1-3H3,(H2,23,29)(H,24,25,27). The Labute approximate surface area is 174 Å². The molecule has 0 spiro atoms. The van der Waals surface area contributed by atoms with Crippen molar-refractivity contribution in [2.75, 3.05) is 12.4 Å². The maximum absolute atomic E-state index is 11.8. The smallest absolute Gasteiger partial charge is 0.249 e. The summed E-state index contributed by atoms with van der Waals surface area (Å²) in [5.41, 5.74) is 9.38. The van der Waals surface area contributed by atoms with Crippen LogP contribution in [0.25, 0.3) is 0 Å². The SMILES string of the molecule is CCn1cc(Nc2ncc(CCc3c(C)c(C(N)=O)cc(OC)c3C#N)cn2)cn1. The number of nitrogens with two attached hydrogens (primary N) is 1. The molecule has 30 heavy (non-hydrogen) atoms. The van der Waals surface area contributed by atoms with Gasteiger partial charge in [0.15, 0.2) is 0 Å². The van der Waals surface area contributed by atoms with Crippen LogP contribution in [0.4, 0.5) is 11.6 Å². The largest absolute Gasteiger partial charge is 0.495 e. The molecule has 3 aromatic rings. The molecule has 2 heterocycles. The fourth-order valence-electron chi connectivity index (χ4n) is 3.21. The van der Waals surface area contributed by atoms with Gasteiger partial charge in [-0.2, -0.15) is 10.4 Å². The molecule has 154 valence electrons. The summed E-state index contributed by atoms with van der Waals surface area (Å²) in [4.78, 5) is 20.5. The molecule has 0 fully saturated rings. The lowest BCUT2D eigenvalue weighted by Gasteiger charge is -2.15. The van der Waals surface area contributed by atoms with Crippen molar-refractivity contribution in [1.29, 1.82) is 5.26 Å². The Morgan fingerprint density at radius 3 is 2.60 bits per heavy atom. The lowest BCUT2D eigenvalue weighted by molar-refractivity contribution is 0.0999. The number of methoxy groups -OCH3 is 1. The highest BCUT2D eigenvalue weighted by Gasteiger charge is 2.18. The first-order valence-electron chi connectivity index (χ1n) is 9.47. The van der Waals surface area contributed by atoms with Crippen molar-refractivity contribution in [1.82, 2.24) is 19.7 Å². The Morgan fingerprint density at radius 2 is 2.03 bits per heavy atom. The van der Waals surface area contributed by atoms with Crippen molar-refractivity contribution in [3.8, 4) is 11.8 Å². The number of hydrogen-bond donors (Lipinski definition) is 2. The molecule has 1 amide bonds. The van der Waals surface area contributed by atoms with Gasteiger partial charge in [0.1, 0.15) is 11.8 Å². The Kier molecular flexibility index (Phi) is 6.27. The van der Waals surface area contributed by atoms with Crippen LogP contribution in [0, 0.1) is 18.3 Å². The molecule has 3 N–H and O–H groups in total. The van der Waals surface area contributed by atoms with E-state index >= 15 is 0 Å². The van der Waals surface area contributed by atoms with Gasteiger partial charge in [0, 0.05) is 30.7 Å². The normalized spacial score (nSPS) is 10.5. The number of nitriles is 1. The van der Waals surface area contributed by atoms with Gasteiger partial charge in [-0.25, -0.2) is 9.97 Å². The number of hydrogen-bond acceptors (Lipinski definition) is 7. The second-order valence-electron chi connectivity index (χ2n) is 6.71. The van der Waals surface area contributed by atoms with E-state index in [0.29, 0.717) is 41.2 Å². The van der Waals surface area contributed by atoms with Crippen molar-refractivity contribution < 1.29 is 9.53 Å². The van der Waals surface area contributed by atoms with Crippen LogP contribution in [0.3, 0.4) is 0 Å². The summed E-state index contributed by atoms with van der Waals surface area (Å²) >= 11 is 0. The van der Waals surface area contributed by atoms with E-state index in [1.807, 2.05) is 13.1 Å². The number of rotatable bonds is 8. The first-order chi connectivity index (χ1) is 14.5. The topological polar surface area (TPSA) is 132 Å². The first kappa shape index (κ1) is 20.8. The van der Waals surface area contributed by atoms with Crippen molar-refractivity contribution >= 4 is 17.5 Å².